The number of thioether (sulfide) groups is 1. The molecule has 1 fully saturated rings. The van der Waals surface area contributed by atoms with Crippen LogP contribution in [-0.4, -0.2) is 65.9 Å². The number of carboxylic acid groups (broad SMARTS) is 1. The highest BCUT2D eigenvalue weighted by Gasteiger charge is 2.16. The molecule has 0 atom stereocenters. The lowest BCUT2D eigenvalue weighted by molar-refractivity contribution is -0.137. The van der Waals surface area contributed by atoms with Gasteiger partial charge in [0.15, 0.2) is 0 Å². The topological polar surface area (TPSA) is 43.8 Å². The van der Waals surface area contributed by atoms with Crippen LogP contribution in [-0.2, 0) is 4.79 Å². The molecule has 21 heavy (non-hydrogen) atoms. The van der Waals surface area contributed by atoms with Crippen LogP contribution in [0.2, 0.25) is 0 Å². The molecule has 0 amide bonds. The Balaban J connectivity index is 1.60. The second-order valence-electron chi connectivity index (χ2n) is 5.49. The average Bonchev–Trinajstić information content (AvgIpc) is 2.48. The first-order valence-corrected chi connectivity index (χ1v) is 8.48. The molecule has 0 aliphatic carbocycles. The Morgan fingerprint density at radius 2 is 1.67 bits per heavy atom. The van der Waals surface area contributed by atoms with Crippen molar-refractivity contribution in [3.05, 3.63) is 29.8 Å². The lowest BCUT2D eigenvalue weighted by atomic mass is 10.2. The van der Waals surface area contributed by atoms with Crippen molar-refractivity contribution in [1.29, 1.82) is 0 Å². The van der Waals surface area contributed by atoms with E-state index in [2.05, 4.69) is 41.0 Å². The van der Waals surface area contributed by atoms with E-state index in [-0.39, 0.29) is 6.42 Å². The Morgan fingerprint density at radius 1 is 1.10 bits per heavy atom. The summed E-state index contributed by atoms with van der Waals surface area (Å²) in [7, 11) is 0. The molecule has 4 nitrogen and oxygen atoms in total. The van der Waals surface area contributed by atoms with Crippen molar-refractivity contribution in [3.8, 4) is 0 Å². The van der Waals surface area contributed by atoms with Crippen molar-refractivity contribution in [1.82, 2.24) is 9.80 Å². The number of benzene rings is 1. The molecule has 0 radical (unpaired) electrons. The van der Waals surface area contributed by atoms with Gasteiger partial charge in [-0.05, 0) is 19.1 Å². The third kappa shape index (κ3) is 6.08. The number of carbonyl (C=O) groups is 1. The highest BCUT2D eigenvalue weighted by Crippen LogP contribution is 2.18. The highest BCUT2D eigenvalue weighted by atomic mass is 32.2. The van der Waals surface area contributed by atoms with Crippen molar-refractivity contribution >= 4 is 17.7 Å². The van der Waals surface area contributed by atoms with Crippen molar-refractivity contribution in [2.24, 2.45) is 0 Å². The predicted molar refractivity (Wildman–Crippen MR) is 87.0 cm³/mol. The minimum atomic E-state index is -0.702. The predicted octanol–water partition coefficient (Wildman–Crippen LogP) is 2.18. The molecule has 5 heteroatoms. The van der Waals surface area contributed by atoms with Crippen molar-refractivity contribution < 1.29 is 9.90 Å². The Labute approximate surface area is 131 Å². The first kappa shape index (κ1) is 16.3. The summed E-state index contributed by atoms with van der Waals surface area (Å²) in [4.78, 5) is 16.6. The van der Waals surface area contributed by atoms with E-state index in [1.807, 2.05) is 11.8 Å². The fourth-order valence-corrected chi connectivity index (χ4v) is 3.33. The maximum atomic E-state index is 10.6. The number of nitrogens with zero attached hydrogens (tertiary/aromatic N) is 2. The molecule has 1 aliphatic heterocycles. The number of rotatable bonds is 7. The molecule has 1 aromatic carbocycles. The van der Waals surface area contributed by atoms with Crippen LogP contribution < -0.4 is 0 Å². The van der Waals surface area contributed by atoms with Crippen LogP contribution in [0.25, 0.3) is 0 Å². The molecule has 0 unspecified atom stereocenters. The fraction of sp³-hybridized carbons (Fsp3) is 0.562. The van der Waals surface area contributed by atoms with Gasteiger partial charge >= 0.3 is 5.97 Å². The third-order valence-electron chi connectivity index (χ3n) is 3.80. The fourth-order valence-electron chi connectivity index (χ4n) is 2.42. The van der Waals surface area contributed by atoms with E-state index < -0.39 is 5.97 Å². The minimum Gasteiger partial charge on any atom is -0.481 e. The van der Waals surface area contributed by atoms with Gasteiger partial charge in [-0.25, -0.2) is 0 Å². The zero-order valence-corrected chi connectivity index (χ0v) is 13.4. The van der Waals surface area contributed by atoms with Gasteiger partial charge in [-0.1, -0.05) is 17.7 Å². The van der Waals surface area contributed by atoms with Crippen LogP contribution in [0.5, 0.6) is 0 Å². The quantitative estimate of drug-likeness (QED) is 0.782. The lowest BCUT2D eigenvalue weighted by Gasteiger charge is -2.34. The number of aryl methyl sites for hydroxylation is 1. The standard InChI is InChI=1S/C16H24N2O2S/c1-14-2-4-15(5-3-14)21-13-12-18-10-8-17(9-11-18)7-6-16(19)20/h2-5H,6-13H2,1H3,(H,19,20). The third-order valence-corrected chi connectivity index (χ3v) is 4.80. The molecule has 0 aromatic heterocycles. The number of hydrogen-bond donors (Lipinski definition) is 1. The van der Waals surface area contributed by atoms with E-state index in [9.17, 15) is 4.79 Å². The van der Waals surface area contributed by atoms with Gasteiger partial charge in [-0.15, -0.1) is 11.8 Å². The average molecular weight is 308 g/mol. The van der Waals surface area contributed by atoms with Crippen molar-refractivity contribution in [3.63, 3.8) is 0 Å². The number of piperazine rings is 1. The van der Waals surface area contributed by atoms with Gasteiger partial charge in [0, 0.05) is 49.9 Å². The van der Waals surface area contributed by atoms with Gasteiger partial charge in [0.05, 0.1) is 6.42 Å². The van der Waals surface area contributed by atoms with Crippen LogP contribution in [0.15, 0.2) is 29.2 Å². The molecule has 0 bridgehead atoms. The Kier molecular flexibility index (Phi) is 6.54. The molecule has 1 aliphatic rings. The van der Waals surface area contributed by atoms with E-state index in [4.69, 9.17) is 5.11 Å². The zero-order valence-electron chi connectivity index (χ0n) is 12.6. The van der Waals surface area contributed by atoms with Gasteiger partial charge in [-0.2, -0.15) is 0 Å². The summed E-state index contributed by atoms with van der Waals surface area (Å²) in [5, 5.41) is 8.70. The number of carboxylic acids is 1. The summed E-state index contributed by atoms with van der Waals surface area (Å²) < 4.78 is 0. The normalized spacial score (nSPS) is 17.0. The van der Waals surface area contributed by atoms with Crippen LogP contribution >= 0.6 is 11.8 Å². The van der Waals surface area contributed by atoms with E-state index in [1.165, 1.54) is 10.5 Å². The van der Waals surface area contributed by atoms with Gasteiger partial charge in [0.25, 0.3) is 0 Å². The summed E-state index contributed by atoms with van der Waals surface area (Å²) in [5.41, 5.74) is 1.30. The molecule has 1 aromatic rings. The summed E-state index contributed by atoms with van der Waals surface area (Å²) in [5.74, 6) is 0.407. The van der Waals surface area contributed by atoms with Crippen molar-refractivity contribution in [2.45, 2.75) is 18.2 Å². The SMILES string of the molecule is Cc1ccc(SCCN2CCN(CCC(=O)O)CC2)cc1. The Hall–Kier alpha value is -1.04. The zero-order chi connectivity index (χ0) is 15.1. The monoisotopic (exact) mass is 308 g/mol. The molecule has 0 saturated carbocycles. The summed E-state index contributed by atoms with van der Waals surface area (Å²) in [6, 6.07) is 8.68. The van der Waals surface area contributed by atoms with E-state index in [1.54, 1.807) is 0 Å². The first-order valence-electron chi connectivity index (χ1n) is 7.49. The molecule has 2 rings (SSSR count). The van der Waals surface area contributed by atoms with Gasteiger partial charge in [0.2, 0.25) is 0 Å². The van der Waals surface area contributed by atoms with Crippen LogP contribution in [0.4, 0.5) is 0 Å². The van der Waals surface area contributed by atoms with E-state index >= 15 is 0 Å². The summed E-state index contributed by atoms with van der Waals surface area (Å²) in [6.07, 6.45) is 0.253. The number of aliphatic carboxylic acids is 1. The minimum absolute atomic E-state index is 0.253. The molecular formula is C16H24N2O2S. The maximum absolute atomic E-state index is 10.6. The van der Waals surface area contributed by atoms with Crippen LogP contribution in [0.3, 0.4) is 0 Å². The second kappa shape index (κ2) is 8.41. The Morgan fingerprint density at radius 3 is 2.24 bits per heavy atom. The number of hydrogen-bond acceptors (Lipinski definition) is 4. The molecule has 116 valence electrons. The van der Waals surface area contributed by atoms with Crippen LogP contribution in [0.1, 0.15) is 12.0 Å². The van der Waals surface area contributed by atoms with E-state index in [0.29, 0.717) is 6.54 Å². The van der Waals surface area contributed by atoms with Crippen molar-refractivity contribution in [2.75, 3.05) is 45.0 Å². The smallest absolute Gasteiger partial charge is 0.304 e. The van der Waals surface area contributed by atoms with Gasteiger partial charge in [0.1, 0.15) is 0 Å². The first-order chi connectivity index (χ1) is 10.1. The largest absolute Gasteiger partial charge is 0.481 e. The Bertz CT molecular complexity index is 442. The molecule has 0 spiro atoms. The summed E-state index contributed by atoms with van der Waals surface area (Å²) in [6.45, 7) is 7.97. The highest BCUT2D eigenvalue weighted by molar-refractivity contribution is 7.99. The van der Waals surface area contributed by atoms with Crippen LogP contribution in [0, 0.1) is 6.92 Å². The second-order valence-corrected chi connectivity index (χ2v) is 6.66. The lowest BCUT2D eigenvalue weighted by Crippen LogP contribution is -2.47. The maximum Gasteiger partial charge on any atom is 0.304 e. The summed E-state index contributed by atoms with van der Waals surface area (Å²) >= 11 is 1.90. The van der Waals surface area contributed by atoms with E-state index in [0.717, 1.165) is 38.5 Å². The van der Waals surface area contributed by atoms with Gasteiger partial charge in [-0.3, -0.25) is 9.69 Å². The van der Waals surface area contributed by atoms with Gasteiger partial charge < -0.3 is 10.0 Å². The molecule has 1 saturated heterocycles. The molecule has 1 N–H and O–H groups in total. The molecule has 1 heterocycles. The molecular weight excluding hydrogens is 284 g/mol.